The van der Waals surface area contributed by atoms with Gasteiger partial charge in [-0.25, -0.2) is 14.0 Å². The fourth-order valence-electron chi connectivity index (χ4n) is 3.87. The molecule has 0 aliphatic heterocycles. The smallest absolute Gasteiger partial charge is 0.338 e. The van der Waals surface area contributed by atoms with Gasteiger partial charge in [0.1, 0.15) is 12.2 Å². The molecule has 0 spiro atoms. The van der Waals surface area contributed by atoms with Crippen molar-refractivity contribution in [2.24, 2.45) is 17.8 Å². The fourth-order valence-corrected chi connectivity index (χ4v) is 3.87. The molecule has 0 bridgehead atoms. The number of hydrogen-bond acceptors (Lipinski definition) is 4. The number of alkyl halides is 2. The van der Waals surface area contributed by atoms with Gasteiger partial charge in [-0.15, -0.1) is 0 Å². The first-order valence-corrected chi connectivity index (χ1v) is 9.98. The molecule has 1 unspecified atom stereocenters. The Morgan fingerprint density at radius 2 is 1.82 bits per heavy atom. The molecule has 0 heterocycles. The first-order chi connectivity index (χ1) is 13.3. The van der Waals surface area contributed by atoms with E-state index in [9.17, 15) is 18.4 Å². The minimum absolute atomic E-state index is 0.0639. The molecule has 0 saturated heterocycles. The number of carbonyl (C=O) groups is 2. The topological polar surface area (TPSA) is 52.6 Å². The highest BCUT2D eigenvalue weighted by Gasteiger charge is 2.33. The van der Waals surface area contributed by atoms with Crippen LogP contribution in [0.1, 0.15) is 68.5 Å². The minimum atomic E-state index is -1.26. The molecule has 0 N–H and O–H groups in total. The van der Waals surface area contributed by atoms with E-state index >= 15 is 0 Å². The van der Waals surface area contributed by atoms with Crippen molar-refractivity contribution in [2.45, 2.75) is 58.7 Å². The highest BCUT2D eigenvalue weighted by atomic mass is 19.1. The summed E-state index contributed by atoms with van der Waals surface area (Å²) in [5.41, 5.74) is 0.905. The van der Waals surface area contributed by atoms with Gasteiger partial charge < -0.3 is 9.47 Å². The van der Waals surface area contributed by atoms with Crippen LogP contribution in [0.5, 0.6) is 0 Å². The Kier molecular flexibility index (Phi) is 8.39. The van der Waals surface area contributed by atoms with E-state index < -0.39 is 25.4 Å². The normalized spacial score (nSPS) is 23.3. The van der Waals surface area contributed by atoms with Crippen LogP contribution in [-0.4, -0.2) is 31.4 Å². The molecule has 156 valence electrons. The van der Waals surface area contributed by atoms with Crippen LogP contribution >= 0.6 is 0 Å². The predicted molar refractivity (Wildman–Crippen MR) is 102 cm³/mol. The summed E-state index contributed by atoms with van der Waals surface area (Å²) >= 11 is 0. The van der Waals surface area contributed by atoms with E-state index in [1.165, 1.54) is 0 Å². The van der Waals surface area contributed by atoms with Crippen molar-refractivity contribution < 1.29 is 27.8 Å². The van der Waals surface area contributed by atoms with Gasteiger partial charge in [-0.3, -0.25) is 4.39 Å². The monoisotopic (exact) mass is 396 g/mol. The van der Waals surface area contributed by atoms with Gasteiger partial charge in [0.05, 0.1) is 12.2 Å². The average molecular weight is 396 g/mol. The summed E-state index contributed by atoms with van der Waals surface area (Å²) in [6, 6.07) is 6.32. The van der Waals surface area contributed by atoms with E-state index in [4.69, 9.17) is 9.47 Å². The van der Waals surface area contributed by atoms with Crippen LogP contribution in [0.25, 0.3) is 0 Å². The molecule has 0 amide bonds. The third kappa shape index (κ3) is 6.01. The van der Waals surface area contributed by atoms with Crippen LogP contribution in [0.4, 0.5) is 8.78 Å². The maximum absolute atomic E-state index is 12.7. The maximum atomic E-state index is 12.7. The van der Waals surface area contributed by atoms with E-state index in [1.54, 1.807) is 24.3 Å². The first kappa shape index (κ1) is 22.3. The number of hydrogen-bond donors (Lipinski definition) is 0. The number of carbonyl (C=O) groups excluding carboxylic acids is 2. The van der Waals surface area contributed by atoms with Crippen LogP contribution < -0.4 is 0 Å². The molecule has 4 atom stereocenters. The molecule has 0 radical (unpaired) electrons. The van der Waals surface area contributed by atoms with Crippen molar-refractivity contribution in [3.63, 3.8) is 0 Å². The van der Waals surface area contributed by atoms with E-state index in [0.29, 0.717) is 28.9 Å². The lowest BCUT2D eigenvalue weighted by Crippen LogP contribution is -2.35. The molecule has 2 rings (SSSR count). The van der Waals surface area contributed by atoms with Crippen molar-refractivity contribution in [2.75, 3.05) is 13.3 Å². The van der Waals surface area contributed by atoms with Gasteiger partial charge in [-0.1, -0.05) is 39.3 Å². The minimum Gasteiger partial charge on any atom is -0.458 e. The lowest BCUT2D eigenvalue weighted by atomic mass is 9.75. The summed E-state index contributed by atoms with van der Waals surface area (Å²) in [6.07, 6.45) is 2.04. The van der Waals surface area contributed by atoms with Crippen LogP contribution in [0.2, 0.25) is 0 Å². The van der Waals surface area contributed by atoms with Gasteiger partial charge in [0.2, 0.25) is 0 Å². The summed E-state index contributed by atoms with van der Waals surface area (Å²) in [5.74, 6) is -0.0956. The van der Waals surface area contributed by atoms with Crippen LogP contribution in [0, 0.1) is 17.8 Å². The van der Waals surface area contributed by atoms with Gasteiger partial charge in [0.15, 0.2) is 6.67 Å². The lowest BCUT2D eigenvalue weighted by molar-refractivity contribution is -0.151. The molecular weight excluding hydrogens is 366 g/mol. The van der Waals surface area contributed by atoms with Crippen LogP contribution in [0.3, 0.4) is 0 Å². The fraction of sp³-hybridized carbons (Fsp3) is 0.636. The maximum Gasteiger partial charge on any atom is 0.338 e. The molecule has 6 heteroatoms. The van der Waals surface area contributed by atoms with Gasteiger partial charge in [-0.05, 0) is 48.3 Å². The molecular formula is C22H30F2O4. The summed E-state index contributed by atoms with van der Waals surface area (Å²) in [5, 5.41) is 0. The second kappa shape index (κ2) is 10.5. The number of halogens is 2. The zero-order valence-corrected chi connectivity index (χ0v) is 16.8. The predicted octanol–water partition coefficient (Wildman–Crippen LogP) is 5.22. The zero-order chi connectivity index (χ0) is 20.7. The zero-order valence-electron chi connectivity index (χ0n) is 16.8. The molecule has 1 saturated carbocycles. The molecule has 28 heavy (non-hydrogen) atoms. The Hall–Kier alpha value is -1.98. The summed E-state index contributed by atoms with van der Waals surface area (Å²) in [7, 11) is 0. The SMILES string of the molecule is CC(C)[C@@H]1CC[C@@H](C)C[C@H]1OC(=O)c1ccc(C(CCF)OC(=O)CF)cc1. The van der Waals surface area contributed by atoms with Crippen molar-refractivity contribution >= 4 is 11.9 Å². The Balaban J connectivity index is 2.06. The van der Waals surface area contributed by atoms with Crippen molar-refractivity contribution in [3.8, 4) is 0 Å². The Morgan fingerprint density at radius 1 is 1.14 bits per heavy atom. The van der Waals surface area contributed by atoms with Crippen LogP contribution in [-0.2, 0) is 14.3 Å². The highest BCUT2D eigenvalue weighted by molar-refractivity contribution is 5.89. The Labute approximate surface area is 165 Å². The molecule has 4 nitrogen and oxygen atoms in total. The largest absolute Gasteiger partial charge is 0.458 e. The second-order valence-electron chi connectivity index (χ2n) is 7.98. The quantitative estimate of drug-likeness (QED) is 0.566. The van der Waals surface area contributed by atoms with Gasteiger partial charge in [0, 0.05) is 6.42 Å². The molecule has 1 aromatic rings. The van der Waals surface area contributed by atoms with E-state index in [-0.39, 0.29) is 18.5 Å². The first-order valence-electron chi connectivity index (χ1n) is 9.98. The van der Waals surface area contributed by atoms with Gasteiger partial charge in [-0.2, -0.15) is 0 Å². The van der Waals surface area contributed by atoms with Crippen molar-refractivity contribution in [1.82, 2.24) is 0 Å². The summed E-state index contributed by atoms with van der Waals surface area (Å²) < 4.78 is 35.9. The summed E-state index contributed by atoms with van der Waals surface area (Å²) in [6.45, 7) is 4.52. The average Bonchev–Trinajstić information content (AvgIpc) is 2.67. The number of ether oxygens (including phenoxy) is 2. The lowest BCUT2D eigenvalue weighted by Gasteiger charge is -2.36. The Bertz CT molecular complexity index is 644. The third-order valence-corrected chi connectivity index (χ3v) is 5.49. The number of rotatable bonds is 8. The number of benzene rings is 1. The van der Waals surface area contributed by atoms with Crippen LogP contribution in [0.15, 0.2) is 24.3 Å². The molecule has 1 aliphatic rings. The van der Waals surface area contributed by atoms with Gasteiger partial charge in [0.25, 0.3) is 0 Å². The highest BCUT2D eigenvalue weighted by Crippen LogP contribution is 2.35. The second-order valence-corrected chi connectivity index (χ2v) is 7.98. The summed E-state index contributed by atoms with van der Waals surface area (Å²) in [4.78, 5) is 23.8. The number of esters is 2. The van der Waals surface area contributed by atoms with Crippen molar-refractivity contribution in [1.29, 1.82) is 0 Å². The molecule has 1 aromatic carbocycles. The molecule has 1 aliphatic carbocycles. The van der Waals surface area contributed by atoms with E-state index in [2.05, 4.69) is 20.8 Å². The van der Waals surface area contributed by atoms with E-state index in [1.807, 2.05) is 0 Å². The molecule has 1 fully saturated rings. The third-order valence-electron chi connectivity index (χ3n) is 5.49. The van der Waals surface area contributed by atoms with Gasteiger partial charge >= 0.3 is 11.9 Å². The van der Waals surface area contributed by atoms with E-state index in [0.717, 1.165) is 19.3 Å². The standard InChI is InChI=1S/C22H30F2O4/c1-14(2)18-9-4-15(3)12-20(18)28-22(26)17-7-5-16(6-8-17)19(10-11-23)27-21(25)13-24/h5-8,14-15,18-20H,4,9-13H2,1-3H3/t15-,18+,19?,20-/m1/s1. The van der Waals surface area contributed by atoms with Crippen molar-refractivity contribution in [3.05, 3.63) is 35.4 Å². The Morgan fingerprint density at radius 3 is 2.39 bits per heavy atom. The molecule has 0 aromatic heterocycles.